The second kappa shape index (κ2) is 10.4. The van der Waals surface area contributed by atoms with Crippen molar-refractivity contribution in [1.29, 1.82) is 0 Å². The van der Waals surface area contributed by atoms with Crippen molar-refractivity contribution in [2.45, 2.75) is 43.0 Å². The maximum absolute atomic E-state index is 11.9. The first kappa shape index (κ1) is 26.7. The Morgan fingerprint density at radius 1 is 0.946 bits per heavy atom. The Bertz CT molecular complexity index is 1330. The van der Waals surface area contributed by atoms with Gasteiger partial charge < -0.3 is 14.7 Å². The van der Waals surface area contributed by atoms with E-state index in [4.69, 9.17) is 11.6 Å². The molecule has 1 unspecified atom stereocenters. The van der Waals surface area contributed by atoms with E-state index in [2.05, 4.69) is 4.90 Å². The van der Waals surface area contributed by atoms with Crippen molar-refractivity contribution in [2.75, 3.05) is 18.5 Å². The lowest BCUT2D eigenvalue weighted by atomic mass is 9.83. The Hall–Kier alpha value is -1.87. The van der Waals surface area contributed by atoms with Crippen LogP contribution in [0, 0.1) is 5.92 Å². The summed E-state index contributed by atoms with van der Waals surface area (Å²) in [5.74, 6) is 0.334. The first-order chi connectivity index (χ1) is 17.6. The Morgan fingerprint density at radius 3 is 2.32 bits per heavy atom. The summed E-state index contributed by atoms with van der Waals surface area (Å²) < 4.78 is 37.1. The quantitative estimate of drug-likeness (QED) is 0.257. The van der Waals surface area contributed by atoms with Crippen molar-refractivity contribution < 1.29 is 23.5 Å². The van der Waals surface area contributed by atoms with E-state index in [1.807, 2.05) is 30.3 Å². The first-order valence-electron chi connectivity index (χ1n) is 12.4. The van der Waals surface area contributed by atoms with E-state index in [-0.39, 0.29) is 11.3 Å². The molecule has 37 heavy (non-hydrogen) atoms. The van der Waals surface area contributed by atoms with Gasteiger partial charge in [-0.05, 0) is 60.7 Å². The van der Waals surface area contributed by atoms with Gasteiger partial charge in [0.15, 0.2) is 0 Å². The van der Waals surface area contributed by atoms with E-state index in [0.717, 1.165) is 31.4 Å². The highest BCUT2D eigenvalue weighted by atomic mass is 35.5. The fourth-order valence-corrected chi connectivity index (χ4v) is 8.12. The van der Waals surface area contributed by atoms with E-state index >= 15 is 0 Å². The average molecular weight is 563 g/mol. The predicted molar refractivity (Wildman–Crippen MR) is 151 cm³/mol. The van der Waals surface area contributed by atoms with Gasteiger partial charge in [-0.2, -0.15) is 4.31 Å². The van der Waals surface area contributed by atoms with Gasteiger partial charge in [-0.15, -0.1) is 10.8 Å². The molecule has 0 amide bonds. The Balaban J connectivity index is 1.69. The van der Waals surface area contributed by atoms with Crippen LogP contribution in [0.2, 0.25) is 5.02 Å². The van der Waals surface area contributed by atoms with Gasteiger partial charge in [-0.25, -0.2) is 0 Å². The van der Waals surface area contributed by atoms with Crippen LogP contribution in [-0.4, -0.2) is 42.8 Å². The molecule has 198 valence electrons. The van der Waals surface area contributed by atoms with Gasteiger partial charge >= 0.3 is 7.60 Å². The highest BCUT2D eigenvalue weighted by molar-refractivity contribution is 8.22. The summed E-state index contributed by atoms with van der Waals surface area (Å²) in [6, 6.07) is 19.2. The van der Waals surface area contributed by atoms with Crippen LogP contribution in [0.25, 0.3) is 11.1 Å². The lowest BCUT2D eigenvalue weighted by molar-refractivity contribution is 0.206. The highest BCUT2D eigenvalue weighted by Gasteiger charge is 2.41. The van der Waals surface area contributed by atoms with Crippen molar-refractivity contribution in [2.24, 2.45) is 5.92 Å². The third-order valence-corrected chi connectivity index (χ3v) is 10.9. The molecule has 1 atom stereocenters. The summed E-state index contributed by atoms with van der Waals surface area (Å²) in [7, 11) is -6.09. The molecule has 1 aliphatic carbocycles. The van der Waals surface area contributed by atoms with Gasteiger partial charge in [0.25, 0.3) is 0 Å². The molecule has 4 N–H and O–H groups in total. The molecule has 10 heteroatoms. The smallest absolute Gasteiger partial charge is 0.338 e. The molecule has 1 heterocycles. The number of likely N-dealkylation sites (N-methyl/N-ethyl adjacent to an activating group) is 1. The minimum atomic E-state index is -4.47. The fourth-order valence-electron chi connectivity index (χ4n) is 5.61. The van der Waals surface area contributed by atoms with Gasteiger partial charge in [0.1, 0.15) is 0 Å². The fraction of sp³-hybridized carbons (Fsp3) is 0.333. The van der Waals surface area contributed by atoms with E-state index in [1.165, 1.54) is 18.6 Å². The number of halogens is 1. The molecule has 1 aliphatic heterocycles. The molecule has 3 aromatic carbocycles. The van der Waals surface area contributed by atoms with Gasteiger partial charge in [0.2, 0.25) is 0 Å². The van der Waals surface area contributed by atoms with Crippen LogP contribution < -0.4 is 10.2 Å². The normalized spacial score (nSPS) is 21.8. The Kier molecular flexibility index (Phi) is 7.48. The van der Waals surface area contributed by atoms with E-state index < -0.39 is 18.4 Å². The number of para-hydroxylation sites is 1. The molecule has 7 nitrogen and oxygen atoms in total. The predicted octanol–water partition coefficient (Wildman–Crippen LogP) is 6.87. The number of rotatable bonds is 4. The molecule has 3 aromatic rings. The monoisotopic (exact) mass is 562 g/mol. The van der Waals surface area contributed by atoms with Crippen LogP contribution in [0.1, 0.15) is 32.1 Å². The zero-order chi connectivity index (χ0) is 26.4. The molecule has 1 saturated carbocycles. The van der Waals surface area contributed by atoms with E-state index in [9.17, 15) is 23.5 Å². The summed E-state index contributed by atoms with van der Waals surface area (Å²) in [5.41, 5.74) is 2.53. The topological polar surface area (TPSA) is 104 Å². The van der Waals surface area contributed by atoms with Crippen LogP contribution >= 0.6 is 30.0 Å². The second-order valence-electron chi connectivity index (χ2n) is 9.87. The summed E-state index contributed by atoms with van der Waals surface area (Å²) in [6.07, 6.45) is 5.57. The zero-order valence-corrected chi connectivity index (χ0v) is 23.0. The van der Waals surface area contributed by atoms with Crippen molar-refractivity contribution in [1.82, 2.24) is 4.31 Å². The second-order valence-corrected chi connectivity index (χ2v) is 13.9. The minimum absolute atomic E-state index is 0.0851. The molecule has 0 aromatic heterocycles. The molecular formula is C27H32ClN2O5PS. The Labute approximate surface area is 224 Å². The van der Waals surface area contributed by atoms with Gasteiger partial charge in [0, 0.05) is 30.9 Å². The maximum Gasteiger partial charge on any atom is 0.356 e. The highest BCUT2D eigenvalue weighted by Crippen LogP contribution is 2.60. The number of hydrogen-bond donors (Lipinski definition) is 4. The van der Waals surface area contributed by atoms with Crippen molar-refractivity contribution in [3.63, 3.8) is 0 Å². The third-order valence-electron chi connectivity index (χ3n) is 7.63. The SMILES string of the molecule is CN1C(C2CCCCC2)CN(c2ccccc2)c2cc(Cl)c(-c3cccc(P(=O)(O)O)c3)cc2S1(O)O. The lowest BCUT2D eigenvalue weighted by Crippen LogP contribution is -2.45. The van der Waals surface area contributed by atoms with Crippen molar-refractivity contribution >= 4 is 46.7 Å². The number of fused-ring (bicyclic) bond motifs is 1. The molecule has 0 spiro atoms. The van der Waals surface area contributed by atoms with Gasteiger partial charge in [-0.1, -0.05) is 61.2 Å². The maximum atomic E-state index is 11.9. The van der Waals surface area contributed by atoms with Gasteiger partial charge in [-0.3, -0.25) is 13.7 Å². The number of hydrogen-bond acceptors (Lipinski definition) is 5. The van der Waals surface area contributed by atoms with Crippen LogP contribution in [-0.2, 0) is 4.57 Å². The van der Waals surface area contributed by atoms with Crippen LogP contribution in [0.15, 0.2) is 71.6 Å². The van der Waals surface area contributed by atoms with Crippen molar-refractivity contribution in [3.8, 4) is 11.1 Å². The van der Waals surface area contributed by atoms with Crippen LogP contribution in [0.3, 0.4) is 0 Å². The summed E-state index contributed by atoms with van der Waals surface area (Å²) in [5, 5.41) is 0.236. The minimum Gasteiger partial charge on any atom is -0.338 e. The summed E-state index contributed by atoms with van der Waals surface area (Å²) >= 11 is 6.79. The summed E-state index contributed by atoms with van der Waals surface area (Å²) in [6.45, 7) is 0.581. The lowest BCUT2D eigenvalue weighted by Gasteiger charge is -2.46. The van der Waals surface area contributed by atoms with Gasteiger partial charge in [0.05, 0.1) is 20.9 Å². The third kappa shape index (κ3) is 5.22. The summed E-state index contributed by atoms with van der Waals surface area (Å²) in [4.78, 5) is 21.8. The molecule has 0 bridgehead atoms. The number of nitrogens with zero attached hydrogens (tertiary/aromatic N) is 2. The molecule has 0 saturated heterocycles. The zero-order valence-electron chi connectivity index (χ0n) is 20.6. The molecule has 5 rings (SSSR count). The molecule has 0 radical (unpaired) electrons. The van der Waals surface area contributed by atoms with Crippen LogP contribution in [0.4, 0.5) is 11.4 Å². The largest absolute Gasteiger partial charge is 0.356 e. The number of benzene rings is 3. The molecule has 2 aliphatic rings. The molecular weight excluding hydrogens is 531 g/mol. The first-order valence-corrected chi connectivity index (χ1v) is 15.9. The Morgan fingerprint density at radius 2 is 1.65 bits per heavy atom. The molecule has 1 fully saturated rings. The van der Waals surface area contributed by atoms with E-state index in [1.54, 1.807) is 35.6 Å². The number of anilines is 2. The van der Waals surface area contributed by atoms with Crippen molar-refractivity contribution in [3.05, 3.63) is 71.8 Å². The van der Waals surface area contributed by atoms with E-state index in [0.29, 0.717) is 39.2 Å². The standard InChI is InChI=1S/C27H32ClN2O5PS/c1-29-26(19-9-4-2-5-10-19)18-30(21-12-6-3-7-13-21)25-17-24(28)23(16-27(25)37(29,34)35)20-11-8-14-22(15-20)36(31,32)33/h3,6-8,11-17,19,26,34-35H,2,4-5,9-10,18H2,1H3,(H2,31,32,33). The average Bonchev–Trinajstić information content (AvgIpc) is 2.97. The van der Waals surface area contributed by atoms with Crippen LogP contribution in [0.5, 0.6) is 0 Å².